The minimum atomic E-state index is -3.10. The molecule has 0 radical (unpaired) electrons. The van der Waals surface area contributed by atoms with Gasteiger partial charge in [0.2, 0.25) is 0 Å². The van der Waals surface area contributed by atoms with E-state index >= 15 is 0 Å². The van der Waals surface area contributed by atoms with E-state index in [0.29, 0.717) is 18.5 Å². The van der Waals surface area contributed by atoms with Gasteiger partial charge in [-0.15, -0.1) is 0 Å². The molecule has 5 nitrogen and oxygen atoms in total. The number of benzene rings is 2. The highest BCUT2D eigenvalue weighted by Crippen LogP contribution is 2.26. The fourth-order valence-corrected chi connectivity index (χ4v) is 5.99. The molecule has 2 aromatic rings. The van der Waals surface area contributed by atoms with Gasteiger partial charge in [-0.25, -0.2) is 8.42 Å². The third kappa shape index (κ3) is 5.71. The summed E-state index contributed by atoms with van der Waals surface area (Å²) in [5, 5.41) is 0. The second-order valence-electron chi connectivity index (χ2n) is 9.66. The largest absolute Gasteiger partial charge is 0.372 e. The average molecular weight is 457 g/mol. The molecule has 0 saturated carbocycles. The van der Waals surface area contributed by atoms with Crippen molar-refractivity contribution in [1.82, 2.24) is 4.90 Å². The molecule has 0 spiro atoms. The number of nitrogens with zero attached hydrogens (tertiary/aromatic N) is 2. The molecule has 32 heavy (non-hydrogen) atoms. The van der Waals surface area contributed by atoms with Crippen molar-refractivity contribution < 1.29 is 13.2 Å². The van der Waals surface area contributed by atoms with Gasteiger partial charge in [-0.2, -0.15) is 0 Å². The zero-order valence-corrected chi connectivity index (χ0v) is 20.8. The number of sulfone groups is 1. The first-order valence-corrected chi connectivity index (χ1v) is 13.3. The van der Waals surface area contributed by atoms with Gasteiger partial charge >= 0.3 is 0 Å². The van der Waals surface area contributed by atoms with E-state index in [1.165, 1.54) is 0 Å². The first-order chi connectivity index (χ1) is 15.0. The maximum Gasteiger partial charge on any atom is 0.254 e. The zero-order valence-electron chi connectivity index (χ0n) is 20.0. The first-order valence-electron chi connectivity index (χ1n) is 11.5. The molecule has 0 N–H and O–H groups in total. The van der Waals surface area contributed by atoms with Gasteiger partial charge in [0, 0.05) is 36.9 Å². The number of hydrogen-bond acceptors (Lipinski definition) is 4. The maximum absolute atomic E-state index is 13.5. The number of carbonyl (C=O) groups excluding carboxylic acids is 1. The van der Waals surface area contributed by atoms with Crippen LogP contribution in [0.3, 0.4) is 0 Å². The van der Waals surface area contributed by atoms with Gasteiger partial charge in [-0.3, -0.25) is 4.79 Å². The van der Waals surface area contributed by atoms with E-state index in [1.807, 2.05) is 36.4 Å². The predicted molar refractivity (Wildman–Crippen MR) is 132 cm³/mol. The number of hydrogen-bond donors (Lipinski definition) is 0. The molecule has 2 aromatic carbocycles. The summed E-state index contributed by atoms with van der Waals surface area (Å²) < 4.78 is 24.3. The van der Waals surface area contributed by atoms with Crippen LogP contribution >= 0.6 is 0 Å². The van der Waals surface area contributed by atoms with E-state index in [1.54, 1.807) is 4.90 Å². The van der Waals surface area contributed by atoms with E-state index in [2.05, 4.69) is 51.7 Å². The summed E-state index contributed by atoms with van der Waals surface area (Å²) in [6.07, 6.45) is 0.492. The molecule has 1 fully saturated rings. The highest BCUT2D eigenvalue weighted by Gasteiger charge is 2.35. The van der Waals surface area contributed by atoms with E-state index in [0.717, 1.165) is 29.9 Å². The van der Waals surface area contributed by atoms with Crippen LogP contribution in [0.4, 0.5) is 5.69 Å². The Kier molecular flexibility index (Phi) is 7.33. The third-order valence-electron chi connectivity index (χ3n) is 6.33. The number of rotatable bonds is 7. The molecular formula is C26H36N2O3S. The summed E-state index contributed by atoms with van der Waals surface area (Å²) in [7, 11) is -3.10. The summed E-state index contributed by atoms with van der Waals surface area (Å²) in [5.74, 6) is 0.0714. The Hall–Kier alpha value is -2.34. The van der Waals surface area contributed by atoms with Crippen molar-refractivity contribution in [1.29, 1.82) is 0 Å². The van der Waals surface area contributed by atoms with Crippen molar-refractivity contribution in [2.75, 3.05) is 29.5 Å². The number of amides is 1. The van der Waals surface area contributed by atoms with Gasteiger partial charge in [-0.1, -0.05) is 45.0 Å². The standard InChI is InChI=1S/C26H36N2O3S/c1-6-27(7-2)23-14-8-20(9-15-23)18-28(24-16-17-32(30,31)19-24)25(29)21-10-12-22(13-11-21)26(3,4)5/h8-15,24H,6-7,16-19H2,1-5H3/t24-/m1/s1. The first kappa shape index (κ1) is 24.3. The van der Waals surface area contributed by atoms with Gasteiger partial charge in [0.25, 0.3) is 5.91 Å². The van der Waals surface area contributed by atoms with Crippen molar-refractivity contribution in [3.63, 3.8) is 0 Å². The Morgan fingerprint density at radius 3 is 2.03 bits per heavy atom. The van der Waals surface area contributed by atoms with E-state index in [-0.39, 0.29) is 28.9 Å². The molecule has 1 amide bonds. The molecule has 1 saturated heterocycles. The van der Waals surface area contributed by atoms with E-state index < -0.39 is 9.84 Å². The smallest absolute Gasteiger partial charge is 0.254 e. The normalized spacial score (nSPS) is 17.8. The van der Waals surface area contributed by atoms with Gasteiger partial charge in [0.1, 0.15) is 0 Å². The summed E-state index contributed by atoms with van der Waals surface area (Å²) >= 11 is 0. The van der Waals surface area contributed by atoms with Crippen molar-refractivity contribution in [2.24, 2.45) is 0 Å². The molecule has 1 aliphatic rings. The Morgan fingerprint density at radius 1 is 0.969 bits per heavy atom. The van der Waals surface area contributed by atoms with Crippen LogP contribution in [0.15, 0.2) is 48.5 Å². The van der Waals surface area contributed by atoms with Crippen molar-refractivity contribution >= 4 is 21.4 Å². The van der Waals surface area contributed by atoms with Gasteiger partial charge in [-0.05, 0) is 61.1 Å². The molecule has 0 aliphatic carbocycles. The second-order valence-corrected chi connectivity index (χ2v) is 11.9. The summed E-state index contributed by atoms with van der Waals surface area (Å²) in [6.45, 7) is 12.9. The lowest BCUT2D eigenvalue weighted by atomic mass is 9.86. The molecule has 0 bridgehead atoms. The molecule has 1 heterocycles. The predicted octanol–water partition coefficient (Wildman–Crippen LogP) is 4.66. The van der Waals surface area contributed by atoms with Crippen LogP contribution in [-0.2, 0) is 21.8 Å². The van der Waals surface area contributed by atoms with Crippen LogP contribution in [-0.4, -0.2) is 49.9 Å². The fourth-order valence-electron chi connectivity index (χ4n) is 4.26. The van der Waals surface area contributed by atoms with Crippen molar-refractivity contribution in [3.05, 3.63) is 65.2 Å². The van der Waals surface area contributed by atoms with Crippen molar-refractivity contribution in [2.45, 2.75) is 59.0 Å². The molecule has 3 rings (SSSR count). The highest BCUT2D eigenvalue weighted by atomic mass is 32.2. The van der Waals surface area contributed by atoms with Crippen molar-refractivity contribution in [3.8, 4) is 0 Å². The Balaban J connectivity index is 1.86. The molecule has 1 atom stereocenters. The Labute approximate surface area is 193 Å². The van der Waals surface area contributed by atoms with Gasteiger partial charge < -0.3 is 9.80 Å². The lowest BCUT2D eigenvalue weighted by molar-refractivity contribution is 0.0681. The molecule has 6 heteroatoms. The fraction of sp³-hybridized carbons (Fsp3) is 0.500. The molecule has 0 aromatic heterocycles. The van der Waals surface area contributed by atoms with Gasteiger partial charge in [0.05, 0.1) is 11.5 Å². The summed E-state index contributed by atoms with van der Waals surface area (Å²) in [4.78, 5) is 17.5. The van der Waals surface area contributed by atoms with E-state index in [4.69, 9.17) is 0 Å². The van der Waals surface area contributed by atoms with Crippen LogP contribution in [0, 0.1) is 0 Å². The minimum Gasteiger partial charge on any atom is -0.372 e. The number of carbonyl (C=O) groups is 1. The third-order valence-corrected chi connectivity index (χ3v) is 8.08. The lowest BCUT2D eigenvalue weighted by Crippen LogP contribution is -2.40. The molecule has 1 aliphatic heterocycles. The quantitative estimate of drug-likeness (QED) is 0.608. The van der Waals surface area contributed by atoms with Crippen LogP contribution in [0.25, 0.3) is 0 Å². The monoisotopic (exact) mass is 456 g/mol. The zero-order chi connectivity index (χ0) is 23.5. The van der Waals surface area contributed by atoms with Crippen LogP contribution in [0.2, 0.25) is 0 Å². The Bertz CT molecular complexity index is 1020. The Morgan fingerprint density at radius 2 is 1.56 bits per heavy atom. The minimum absolute atomic E-state index is 0.00734. The van der Waals surface area contributed by atoms with Crippen LogP contribution in [0.1, 0.15) is 62.5 Å². The average Bonchev–Trinajstić information content (AvgIpc) is 3.12. The van der Waals surface area contributed by atoms with Crippen LogP contribution < -0.4 is 4.90 Å². The molecule has 174 valence electrons. The molecule has 0 unspecified atom stereocenters. The molecular weight excluding hydrogens is 420 g/mol. The highest BCUT2D eigenvalue weighted by molar-refractivity contribution is 7.91. The van der Waals surface area contributed by atoms with Gasteiger partial charge in [0.15, 0.2) is 9.84 Å². The topological polar surface area (TPSA) is 57.7 Å². The number of anilines is 1. The van der Waals surface area contributed by atoms with E-state index in [9.17, 15) is 13.2 Å². The maximum atomic E-state index is 13.5. The SMILES string of the molecule is CCN(CC)c1ccc(CN(C(=O)c2ccc(C(C)(C)C)cc2)[C@@H]2CCS(=O)(=O)C2)cc1. The summed E-state index contributed by atoms with van der Waals surface area (Å²) in [5.41, 5.74) is 3.92. The van der Waals surface area contributed by atoms with Crippen LogP contribution in [0.5, 0.6) is 0 Å². The second kappa shape index (κ2) is 9.65. The summed E-state index contributed by atoms with van der Waals surface area (Å²) in [6, 6.07) is 15.7. The lowest BCUT2D eigenvalue weighted by Gasteiger charge is -2.29.